The Bertz CT molecular complexity index is 813. The van der Waals surface area contributed by atoms with Crippen LogP contribution in [0.5, 0.6) is 0 Å². The molecule has 1 heterocycles. The van der Waals surface area contributed by atoms with Crippen molar-refractivity contribution in [2.75, 3.05) is 25.0 Å². The number of amides is 2. The molecule has 0 aliphatic carbocycles. The molecule has 1 aliphatic rings. The molecule has 1 fully saturated rings. The van der Waals surface area contributed by atoms with Gasteiger partial charge in [-0.2, -0.15) is 0 Å². The maximum Gasteiger partial charge on any atom is 0.254 e. The van der Waals surface area contributed by atoms with Crippen LogP contribution in [0.2, 0.25) is 5.02 Å². The summed E-state index contributed by atoms with van der Waals surface area (Å²) in [7, 11) is 0. The first-order chi connectivity index (χ1) is 12.6. The molecule has 2 amide bonds. The lowest BCUT2D eigenvalue weighted by Gasteiger charge is -2.36. The minimum absolute atomic E-state index is 0. The van der Waals surface area contributed by atoms with E-state index in [-0.39, 0.29) is 30.3 Å². The van der Waals surface area contributed by atoms with E-state index in [1.165, 1.54) is 0 Å². The normalized spacial score (nSPS) is 16.4. The zero-order valence-corrected chi connectivity index (χ0v) is 16.6. The van der Waals surface area contributed by atoms with E-state index in [0.29, 0.717) is 35.8 Å². The first-order valence-corrected chi connectivity index (χ1v) is 9.13. The number of hydrogen-bond donors (Lipinski definition) is 2. The number of anilines is 1. The molecular weight excluding hydrogens is 385 g/mol. The molecule has 144 valence electrons. The van der Waals surface area contributed by atoms with Crippen molar-refractivity contribution in [3.63, 3.8) is 0 Å². The van der Waals surface area contributed by atoms with E-state index in [1.807, 2.05) is 29.2 Å². The van der Waals surface area contributed by atoms with Gasteiger partial charge in [0.2, 0.25) is 5.91 Å². The quantitative estimate of drug-likeness (QED) is 0.807. The maximum absolute atomic E-state index is 13.1. The van der Waals surface area contributed by atoms with Crippen LogP contribution in [-0.2, 0) is 4.79 Å². The van der Waals surface area contributed by atoms with Gasteiger partial charge in [-0.3, -0.25) is 9.59 Å². The Labute approximate surface area is 170 Å². The van der Waals surface area contributed by atoms with E-state index in [2.05, 4.69) is 10.6 Å². The average Bonchev–Trinajstić information content (AvgIpc) is 2.67. The Morgan fingerprint density at radius 3 is 2.74 bits per heavy atom. The number of rotatable bonds is 4. The van der Waals surface area contributed by atoms with Gasteiger partial charge in [0.15, 0.2) is 0 Å². The maximum atomic E-state index is 13.1. The third-order valence-corrected chi connectivity index (χ3v) is 4.69. The second-order valence-corrected chi connectivity index (χ2v) is 6.69. The third kappa shape index (κ3) is 5.22. The third-order valence-electron chi connectivity index (χ3n) is 4.45. The SMILES string of the molecule is CCC(=O)Nc1cccc(C(=O)N2CCNCC2c2cccc(Cl)c2)c1.Cl. The molecule has 1 atom stereocenters. The van der Waals surface area contributed by atoms with Gasteiger partial charge in [0.05, 0.1) is 6.04 Å². The summed E-state index contributed by atoms with van der Waals surface area (Å²) in [6.07, 6.45) is 0.396. The second kappa shape index (κ2) is 9.74. The monoisotopic (exact) mass is 407 g/mol. The minimum atomic E-state index is -0.0798. The number of hydrogen-bond acceptors (Lipinski definition) is 3. The zero-order chi connectivity index (χ0) is 18.5. The van der Waals surface area contributed by atoms with Crippen molar-refractivity contribution in [3.8, 4) is 0 Å². The predicted molar refractivity (Wildman–Crippen MR) is 111 cm³/mol. The van der Waals surface area contributed by atoms with Gasteiger partial charge in [0, 0.05) is 42.3 Å². The highest BCUT2D eigenvalue weighted by molar-refractivity contribution is 6.30. The molecule has 0 spiro atoms. The van der Waals surface area contributed by atoms with E-state index in [4.69, 9.17) is 11.6 Å². The molecule has 1 unspecified atom stereocenters. The summed E-state index contributed by atoms with van der Waals surface area (Å²) in [4.78, 5) is 26.6. The topological polar surface area (TPSA) is 61.4 Å². The van der Waals surface area contributed by atoms with E-state index in [1.54, 1.807) is 31.2 Å². The number of piperazine rings is 1. The minimum Gasteiger partial charge on any atom is -0.329 e. The zero-order valence-electron chi connectivity index (χ0n) is 15.1. The van der Waals surface area contributed by atoms with Crippen LogP contribution in [0, 0.1) is 0 Å². The largest absolute Gasteiger partial charge is 0.329 e. The highest BCUT2D eigenvalue weighted by Gasteiger charge is 2.28. The van der Waals surface area contributed by atoms with Crippen LogP contribution < -0.4 is 10.6 Å². The number of nitrogens with one attached hydrogen (secondary N) is 2. The van der Waals surface area contributed by atoms with Crippen molar-refractivity contribution in [1.29, 1.82) is 0 Å². The van der Waals surface area contributed by atoms with Gasteiger partial charge in [0.1, 0.15) is 0 Å². The summed E-state index contributed by atoms with van der Waals surface area (Å²) in [5, 5.41) is 6.80. The number of benzene rings is 2. The van der Waals surface area contributed by atoms with E-state index < -0.39 is 0 Å². The van der Waals surface area contributed by atoms with Gasteiger partial charge >= 0.3 is 0 Å². The van der Waals surface area contributed by atoms with Crippen LogP contribution in [0.1, 0.15) is 35.3 Å². The molecule has 5 nitrogen and oxygen atoms in total. The van der Waals surface area contributed by atoms with E-state index in [9.17, 15) is 9.59 Å². The second-order valence-electron chi connectivity index (χ2n) is 6.26. The van der Waals surface area contributed by atoms with Crippen molar-refractivity contribution in [2.45, 2.75) is 19.4 Å². The number of nitrogens with zero attached hydrogens (tertiary/aromatic N) is 1. The lowest BCUT2D eigenvalue weighted by Crippen LogP contribution is -2.48. The summed E-state index contributed by atoms with van der Waals surface area (Å²) in [5.74, 6) is -0.127. The van der Waals surface area contributed by atoms with Crippen molar-refractivity contribution in [3.05, 3.63) is 64.7 Å². The Hall–Kier alpha value is -2.08. The van der Waals surface area contributed by atoms with Gasteiger partial charge < -0.3 is 15.5 Å². The molecule has 2 aromatic carbocycles. The Balaban J connectivity index is 0.00000261. The van der Waals surface area contributed by atoms with Gasteiger partial charge in [-0.15, -0.1) is 12.4 Å². The van der Waals surface area contributed by atoms with Gasteiger partial charge in [-0.25, -0.2) is 0 Å². The van der Waals surface area contributed by atoms with Gasteiger partial charge in [0.25, 0.3) is 5.91 Å². The molecule has 0 saturated carbocycles. The smallest absolute Gasteiger partial charge is 0.254 e. The molecule has 27 heavy (non-hydrogen) atoms. The molecule has 1 aliphatic heterocycles. The molecule has 2 aromatic rings. The average molecular weight is 408 g/mol. The molecule has 1 saturated heterocycles. The first kappa shape index (κ1) is 21.2. The number of carbonyl (C=O) groups is 2. The Morgan fingerprint density at radius 1 is 1.22 bits per heavy atom. The van der Waals surface area contributed by atoms with E-state index in [0.717, 1.165) is 12.1 Å². The van der Waals surface area contributed by atoms with Crippen molar-refractivity contribution < 1.29 is 9.59 Å². The highest BCUT2D eigenvalue weighted by atomic mass is 35.5. The van der Waals surface area contributed by atoms with Crippen molar-refractivity contribution in [2.24, 2.45) is 0 Å². The molecule has 2 N–H and O–H groups in total. The fourth-order valence-electron chi connectivity index (χ4n) is 3.10. The molecule has 0 bridgehead atoms. The van der Waals surface area contributed by atoms with Gasteiger partial charge in [-0.1, -0.05) is 36.7 Å². The lowest BCUT2D eigenvalue weighted by molar-refractivity contribution is -0.115. The Morgan fingerprint density at radius 2 is 2.00 bits per heavy atom. The van der Waals surface area contributed by atoms with Crippen LogP contribution in [-0.4, -0.2) is 36.3 Å². The Kier molecular flexibility index (Phi) is 7.66. The fourth-order valence-corrected chi connectivity index (χ4v) is 3.30. The number of halogens is 2. The summed E-state index contributed by atoms with van der Waals surface area (Å²) in [5.41, 5.74) is 2.21. The van der Waals surface area contributed by atoms with Crippen LogP contribution >= 0.6 is 24.0 Å². The number of carbonyl (C=O) groups excluding carboxylic acids is 2. The van der Waals surface area contributed by atoms with Crippen LogP contribution in [0.3, 0.4) is 0 Å². The molecule has 3 rings (SSSR count). The first-order valence-electron chi connectivity index (χ1n) is 8.75. The lowest BCUT2D eigenvalue weighted by atomic mass is 10.0. The van der Waals surface area contributed by atoms with Crippen molar-refractivity contribution in [1.82, 2.24) is 10.2 Å². The summed E-state index contributed by atoms with van der Waals surface area (Å²) in [6, 6.07) is 14.6. The van der Waals surface area contributed by atoms with Crippen molar-refractivity contribution >= 4 is 41.5 Å². The molecule has 0 aromatic heterocycles. The standard InChI is InChI=1S/C20H22ClN3O2.ClH/c1-2-19(25)23-17-8-4-6-15(12-17)20(26)24-10-9-22-13-18(24)14-5-3-7-16(21)11-14;/h3-8,11-12,18,22H,2,9-10,13H2,1H3,(H,23,25);1H. The van der Waals surface area contributed by atoms with Crippen LogP contribution in [0.15, 0.2) is 48.5 Å². The summed E-state index contributed by atoms with van der Waals surface area (Å²) >= 11 is 6.13. The van der Waals surface area contributed by atoms with Crippen LogP contribution in [0.25, 0.3) is 0 Å². The highest BCUT2D eigenvalue weighted by Crippen LogP contribution is 2.26. The summed E-state index contributed by atoms with van der Waals surface area (Å²) < 4.78 is 0. The van der Waals surface area contributed by atoms with E-state index >= 15 is 0 Å². The van der Waals surface area contributed by atoms with Gasteiger partial charge in [-0.05, 0) is 35.9 Å². The molecular formula is C20H23Cl2N3O2. The fraction of sp³-hybridized carbons (Fsp3) is 0.300. The molecule has 0 radical (unpaired) electrons. The molecule has 7 heteroatoms. The summed E-state index contributed by atoms with van der Waals surface area (Å²) in [6.45, 7) is 3.83. The van der Waals surface area contributed by atoms with Crippen LogP contribution in [0.4, 0.5) is 5.69 Å². The predicted octanol–water partition coefficient (Wildman–Crippen LogP) is 3.90.